The van der Waals surface area contributed by atoms with Crippen molar-refractivity contribution in [2.45, 2.75) is 360 Å². The van der Waals surface area contributed by atoms with Gasteiger partial charge < -0.3 is 148 Å². The molecular formula is C63H105K5O30. The van der Waals surface area contributed by atoms with Gasteiger partial charge in [-0.1, -0.05) is 39.5 Å². The average Bonchev–Trinajstić information content (AvgIpc) is 0.667. The summed E-state index contributed by atoms with van der Waals surface area (Å²) in [6, 6.07) is 0. The van der Waals surface area contributed by atoms with Gasteiger partial charge in [-0.25, -0.2) is 0 Å². The molecule has 0 aliphatic carbocycles. The maximum Gasteiger partial charge on any atom is 1.00 e. The number of hydrogen-bond acceptors (Lipinski definition) is 30. The van der Waals surface area contributed by atoms with Crippen molar-refractivity contribution in [3.63, 3.8) is 0 Å². The van der Waals surface area contributed by atoms with Crippen LogP contribution >= 0.6 is 0 Å². The molecule has 0 aromatic rings. The normalized spacial score (nSPS) is 52.6. The topological polar surface area (TPSA) is 495 Å². The van der Waals surface area contributed by atoms with Gasteiger partial charge >= 0.3 is 257 Å². The summed E-state index contributed by atoms with van der Waals surface area (Å²) >= 11 is 0. The first kappa shape index (κ1) is 105. The second-order valence-corrected chi connectivity index (χ2v) is 30.6. The standard InChI is InChI=1S/C57H96O30.C6H14.5K/c1-33(2)39(8,68)40(9,69)50(19,35(4,79-33)29(60)61)84-55(24)46(15,75)42(11,71)52(21,37(6,81-55)31(64)65)86-57(26)48(17,77)44(13,73)53(22,38(7,83-57)32(66)67)87-56(25)47(16,76)43(12,72)51(20,36(5,82-56)30(62)63)85-54(23)45(14,74)41(10,70)49(18,78-27)34(3,80-54)28(58)59;1-3-5-6-4-2;;;;;/h68-77H,1-27H3,(H,58,59)(H,60,61)(H,62,63)(H,64,65)(H,66,67);3-6H2,1-2H3;;;;;/q;;5*+1/p-5/t34?,35?,36-,37?,38?,39?,40-,41-,42?,43?,44+,45?,46?,47?,48?,49+,50+,51+,52+,53+,54-,55-,56-,57-;;;;;;/m0....../s1. The molecule has 11 unspecified atom stereocenters. The molecule has 24 atom stereocenters. The number of ether oxygens (including phenoxy) is 10. The largest absolute Gasteiger partial charge is 1.00 e. The monoisotopic (exact) mass is 1540 g/mol. The van der Waals surface area contributed by atoms with Crippen LogP contribution in [0.3, 0.4) is 0 Å². The van der Waals surface area contributed by atoms with Crippen molar-refractivity contribution >= 4 is 29.8 Å². The molecule has 5 aliphatic heterocycles. The molecule has 30 nitrogen and oxygen atoms in total. The van der Waals surface area contributed by atoms with E-state index >= 15 is 0 Å². The molecule has 10 N–H and O–H groups in total. The Morgan fingerprint density at radius 2 is 0.429 bits per heavy atom. The van der Waals surface area contributed by atoms with Crippen LogP contribution in [0.25, 0.3) is 0 Å². The van der Waals surface area contributed by atoms with Crippen LogP contribution in [0.1, 0.15) is 220 Å². The second kappa shape index (κ2) is 30.6. The van der Waals surface area contributed by atoms with E-state index in [0.717, 1.165) is 125 Å². The van der Waals surface area contributed by atoms with Crippen LogP contribution in [0.5, 0.6) is 0 Å². The summed E-state index contributed by atoms with van der Waals surface area (Å²) < 4.78 is 61.5. The number of carboxylic acids is 5. The molecule has 5 aliphatic rings. The SMILES string of the molecule is CCCCCC.CO[C@]1(C)C(C)(C(=O)[O-])O[C@@](C)(O[C@@]2(C)C(C)(O)C(C)(O)[C@](C)(O[C@]3(C)C(C)(C(=O)[O-])O[C@@](C)(O[C@]4(C)C(C)(C(=O)[O-])O[C@@](C)(O[C@]5(C)C(C)(C(=O)[O-])OC(C)(C)C(C)(O)[C@]5(C)O)C(C)(O)C4(C)O)C(C)(O)[C@@]3(C)O)O[C@@]2(C)C(=O)[O-])C(C)(O)[C@]1(C)O.[K+].[K+].[K+].[K+].[K+]. The van der Waals surface area contributed by atoms with Crippen molar-refractivity contribution in [2.75, 3.05) is 7.11 Å². The predicted molar refractivity (Wildman–Crippen MR) is 310 cm³/mol. The Balaban J connectivity index is 0. The number of unbranched alkanes of at least 4 members (excludes halogenated alkanes) is 3. The number of rotatable bonds is 17. The summed E-state index contributed by atoms with van der Waals surface area (Å²) in [6.45, 7) is 25.9. The Bertz CT molecular complexity index is 2990. The molecule has 5 heterocycles. The van der Waals surface area contributed by atoms with Crippen LogP contribution in [0.15, 0.2) is 0 Å². The number of aliphatic hydroxyl groups is 10. The smallest absolute Gasteiger partial charge is 0.547 e. The van der Waals surface area contributed by atoms with Gasteiger partial charge in [0.1, 0.15) is 112 Å². The molecule has 5 fully saturated rings. The van der Waals surface area contributed by atoms with Crippen molar-refractivity contribution in [3.05, 3.63) is 0 Å². The van der Waals surface area contributed by atoms with Crippen molar-refractivity contribution in [3.8, 4) is 0 Å². The van der Waals surface area contributed by atoms with Gasteiger partial charge in [0.2, 0.25) is 0 Å². The van der Waals surface area contributed by atoms with Gasteiger partial charge in [0.25, 0.3) is 0 Å². The maximum atomic E-state index is 14.1. The van der Waals surface area contributed by atoms with Gasteiger partial charge in [0.05, 0.1) is 35.4 Å². The molecule has 0 amide bonds. The van der Waals surface area contributed by atoms with Crippen LogP contribution in [-0.2, 0) is 71.3 Å². The van der Waals surface area contributed by atoms with E-state index in [9.17, 15) is 101 Å². The third-order valence-electron chi connectivity index (χ3n) is 25.6. The summed E-state index contributed by atoms with van der Waals surface area (Å²) in [5, 5.41) is 195. The molecule has 0 saturated carbocycles. The Labute approximate surface area is 788 Å². The first-order valence-electron chi connectivity index (χ1n) is 30.7. The van der Waals surface area contributed by atoms with Gasteiger partial charge in [-0.05, 0) is 180 Å². The third-order valence-corrected chi connectivity index (χ3v) is 25.6. The van der Waals surface area contributed by atoms with Crippen LogP contribution in [0.4, 0.5) is 0 Å². The van der Waals surface area contributed by atoms with Crippen molar-refractivity contribution in [2.24, 2.45) is 0 Å². The summed E-state index contributed by atoms with van der Waals surface area (Å²) in [6.07, 6.45) is 5.54. The molecule has 35 heteroatoms. The fourth-order valence-corrected chi connectivity index (χ4v) is 15.0. The molecule has 5 saturated heterocycles. The number of carbonyl (C=O) groups is 5. The van der Waals surface area contributed by atoms with E-state index < -0.39 is 171 Å². The maximum absolute atomic E-state index is 14.1. The van der Waals surface area contributed by atoms with E-state index in [1.54, 1.807) is 0 Å². The molecule has 0 aromatic heterocycles. The average molecular weight is 1540 g/mol. The van der Waals surface area contributed by atoms with Crippen LogP contribution in [-0.4, -0.2) is 229 Å². The minimum atomic E-state index is -3.50. The predicted octanol–water partition coefficient (Wildman–Crippen LogP) is -19.1. The van der Waals surface area contributed by atoms with Crippen LogP contribution in [0, 0.1) is 0 Å². The third kappa shape index (κ3) is 13.3. The molecule has 0 bridgehead atoms. The molecule has 0 aromatic carbocycles. The van der Waals surface area contributed by atoms with E-state index in [4.69, 9.17) is 47.4 Å². The minimum Gasteiger partial charge on any atom is -0.547 e. The summed E-state index contributed by atoms with van der Waals surface area (Å²) in [4.78, 5) is 68.2. The molecule has 0 radical (unpaired) electrons. The van der Waals surface area contributed by atoms with Crippen molar-refractivity contribution in [1.29, 1.82) is 0 Å². The summed E-state index contributed by atoms with van der Waals surface area (Å²) in [5.74, 6) is -24.3. The fraction of sp³-hybridized carbons (Fsp3) is 0.921. The second-order valence-electron chi connectivity index (χ2n) is 30.6. The van der Waals surface area contributed by atoms with Gasteiger partial charge in [0.15, 0.2) is 23.1 Å². The molecule has 542 valence electrons. The van der Waals surface area contributed by atoms with Gasteiger partial charge in [-0.3, -0.25) is 0 Å². The Morgan fingerprint density at radius 1 is 0.276 bits per heavy atom. The van der Waals surface area contributed by atoms with Gasteiger partial charge in [-0.2, -0.15) is 0 Å². The van der Waals surface area contributed by atoms with Crippen LogP contribution < -0.4 is 282 Å². The first-order valence-corrected chi connectivity index (χ1v) is 30.7. The number of hydrogen-bond donors (Lipinski definition) is 10. The molecule has 0 spiro atoms. The zero-order valence-electron chi connectivity index (χ0n) is 64.5. The molecule has 5 rings (SSSR count). The van der Waals surface area contributed by atoms with E-state index in [1.807, 2.05) is 0 Å². The number of carboxylic acid groups (broad SMARTS) is 5. The van der Waals surface area contributed by atoms with Gasteiger partial charge in [0, 0.05) is 7.11 Å². The summed E-state index contributed by atoms with van der Waals surface area (Å²) in [7, 11) is 0.968. The Hall–Kier alpha value is 4.73. The minimum absolute atomic E-state index is 0. The molecule has 98 heavy (non-hydrogen) atoms. The quantitative estimate of drug-likeness (QED) is 0.0477. The number of aliphatic carboxylic acids is 5. The van der Waals surface area contributed by atoms with E-state index in [2.05, 4.69) is 13.8 Å². The number of carbonyl (C=O) groups excluding carboxylic acids is 5. The van der Waals surface area contributed by atoms with E-state index in [1.165, 1.54) is 39.5 Å². The van der Waals surface area contributed by atoms with Crippen molar-refractivity contribution in [1.82, 2.24) is 0 Å². The molecular weight excluding hydrogens is 1430 g/mol. The Kier molecular flexibility index (Phi) is 32.7. The first-order chi connectivity index (χ1) is 40.6. The van der Waals surface area contributed by atoms with E-state index in [0.29, 0.717) is 48.5 Å². The zero-order chi connectivity index (χ0) is 74.3. The Morgan fingerprint density at radius 3 is 0.592 bits per heavy atom. The number of methoxy groups -OCH3 is 1. The van der Waals surface area contributed by atoms with Crippen molar-refractivity contribution < 1.29 is 405 Å². The summed E-state index contributed by atoms with van der Waals surface area (Å²) in [5.41, 5.74) is -64.6. The fourth-order valence-electron chi connectivity index (χ4n) is 15.0. The zero-order valence-corrected chi connectivity index (χ0v) is 80.1. The van der Waals surface area contributed by atoms with Gasteiger partial charge in [-0.15, -0.1) is 0 Å². The van der Waals surface area contributed by atoms with Crippen LogP contribution in [0.2, 0.25) is 0 Å². The van der Waals surface area contributed by atoms with E-state index in [-0.39, 0.29) is 257 Å².